The van der Waals surface area contributed by atoms with Crippen molar-refractivity contribution >= 4 is 28.5 Å². The average molecular weight is 422 g/mol. The predicted octanol–water partition coefficient (Wildman–Crippen LogP) is 4.25. The molecule has 2 amide bonds. The van der Waals surface area contributed by atoms with E-state index in [-0.39, 0.29) is 17.7 Å². The number of para-hydroxylation sites is 2. The SMILES string of the molecule is COc1ccc2oc(C)c(C(=O)N3CCC(C(=O)Nc4ccccc4OC)CC3)c2c1. The first kappa shape index (κ1) is 20.8. The van der Waals surface area contributed by atoms with E-state index in [0.29, 0.717) is 60.0 Å². The van der Waals surface area contributed by atoms with Crippen LogP contribution in [0.15, 0.2) is 46.9 Å². The van der Waals surface area contributed by atoms with E-state index in [1.165, 1.54) is 0 Å². The smallest absolute Gasteiger partial charge is 0.258 e. The fourth-order valence-corrected chi connectivity index (χ4v) is 4.08. The highest BCUT2D eigenvalue weighted by atomic mass is 16.5. The Morgan fingerprint density at radius 2 is 1.81 bits per heavy atom. The van der Waals surface area contributed by atoms with Crippen molar-refractivity contribution in [2.45, 2.75) is 19.8 Å². The third-order valence-corrected chi connectivity index (χ3v) is 5.80. The third kappa shape index (κ3) is 4.08. The van der Waals surface area contributed by atoms with Gasteiger partial charge in [0.05, 0.1) is 25.5 Å². The Balaban J connectivity index is 1.44. The van der Waals surface area contributed by atoms with Gasteiger partial charge in [0.15, 0.2) is 0 Å². The monoisotopic (exact) mass is 422 g/mol. The highest BCUT2D eigenvalue weighted by Crippen LogP contribution is 2.31. The van der Waals surface area contributed by atoms with Crippen LogP contribution in [0.25, 0.3) is 11.0 Å². The van der Waals surface area contributed by atoms with Gasteiger partial charge in [0.1, 0.15) is 22.8 Å². The summed E-state index contributed by atoms with van der Waals surface area (Å²) in [5.74, 6) is 1.61. The van der Waals surface area contributed by atoms with Gasteiger partial charge in [0, 0.05) is 24.4 Å². The fourth-order valence-electron chi connectivity index (χ4n) is 4.08. The molecule has 7 nitrogen and oxygen atoms in total. The van der Waals surface area contributed by atoms with E-state index in [9.17, 15) is 9.59 Å². The molecular formula is C24H26N2O5. The number of furan rings is 1. The van der Waals surface area contributed by atoms with Gasteiger partial charge in [-0.05, 0) is 50.1 Å². The van der Waals surface area contributed by atoms with E-state index in [4.69, 9.17) is 13.9 Å². The first-order valence-electron chi connectivity index (χ1n) is 10.3. The lowest BCUT2D eigenvalue weighted by atomic mass is 9.95. The van der Waals surface area contributed by atoms with Crippen LogP contribution in [0.2, 0.25) is 0 Å². The van der Waals surface area contributed by atoms with Crippen molar-refractivity contribution in [2.24, 2.45) is 5.92 Å². The van der Waals surface area contributed by atoms with Crippen LogP contribution in [0, 0.1) is 12.8 Å². The van der Waals surface area contributed by atoms with Gasteiger partial charge in [0.2, 0.25) is 5.91 Å². The maximum Gasteiger partial charge on any atom is 0.258 e. The normalized spacial score (nSPS) is 14.5. The molecule has 0 bridgehead atoms. The molecule has 1 aromatic heterocycles. The first-order chi connectivity index (χ1) is 15.0. The maximum atomic E-state index is 13.3. The van der Waals surface area contributed by atoms with E-state index < -0.39 is 0 Å². The number of nitrogens with one attached hydrogen (secondary N) is 1. The third-order valence-electron chi connectivity index (χ3n) is 5.80. The summed E-state index contributed by atoms with van der Waals surface area (Å²) in [5.41, 5.74) is 1.88. The van der Waals surface area contributed by atoms with E-state index in [1.807, 2.05) is 42.5 Å². The summed E-state index contributed by atoms with van der Waals surface area (Å²) in [6.07, 6.45) is 1.20. The largest absolute Gasteiger partial charge is 0.497 e. The Labute approximate surface area is 180 Å². The minimum Gasteiger partial charge on any atom is -0.497 e. The first-order valence-corrected chi connectivity index (χ1v) is 10.3. The van der Waals surface area contributed by atoms with Crippen molar-refractivity contribution < 1.29 is 23.5 Å². The van der Waals surface area contributed by atoms with Crippen LogP contribution in [0.3, 0.4) is 0 Å². The van der Waals surface area contributed by atoms with Crippen LogP contribution < -0.4 is 14.8 Å². The number of amides is 2. The van der Waals surface area contributed by atoms with Gasteiger partial charge in [0.25, 0.3) is 5.91 Å². The second-order valence-corrected chi connectivity index (χ2v) is 7.65. The summed E-state index contributed by atoms with van der Waals surface area (Å²) >= 11 is 0. The van der Waals surface area contributed by atoms with E-state index >= 15 is 0 Å². The minimum atomic E-state index is -0.156. The zero-order chi connectivity index (χ0) is 22.0. The number of piperidine rings is 1. The van der Waals surface area contributed by atoms with Gasteiger partial charge in [-0.25, -0.2) is 0 Å². The number of anilines is 1. The van der Waals surface area contributed by atoms with Gasteiger partial charge >= 0.3 is 0 Å². The summed E-state index contributed by atoms with van der Waals surface area (Å²) in [6, 6.07) is 12.8. The lowest BCUT2D eigenvalue weighted by Crippen LogP contribution is -2.41. The summed E-state index contributed by atoms with van der Waals surface area (Å²) in [6.45, 7) is 2.82. The Morgan fingerprint density at radius 3 is 2.52 bits per heavy atom. The van der Waals surface area contributed by atoms with Crippen molar-refractivity contribution in [1.29, 1.82) is 0 Å². The van der Waals surface area contributed by atoms with Crippen molar-refractivity contribution in [3.8, 4) is 11.5 Å². The second kappa shape index (κ2) is 8.71. The van der Waals surface area contributed by atoms with Gasteiger partial charge in [-0.3, -0.25) is 9.59 Å². The van der Waals surface area contributed by atoms with Crippen LogP contribution in [-0.2, 0) is 4.79 Å². The number of carbonyl (C=O) groups excluding carboxylic acids is 2. The van der Waals surface area contributed by atoms with Gasteiger partial charge in [-0.2, -0.15) is 0 Å². The van der Waals surface area contributed by atoms with Crippen LogP contribution >= 0.6 is 0 Å². The molecule has 0 spiro atoms. The lowest BCUT2D eigenvalue weighted by molar-refractivity contribution is -0.121. The number of hydrogen-bond acceptors (Lipinski definition) is 5. The number of aryl methyl sites for hydroxylation is 1. The lowest BCUT2D eigenvalue weighted by Gasteiger charge is -2.31. The molecule has 7 heteroatoms. The summed E-state index contributed by atoms with van der Waals surface area (Å²) < 4.78 is 16.4. The number of fused-ring (bicyclic) bond motifs is 1. The molecule has 1 fully saturated rings. The molecular weight excluding hydrogens is 396 g/mol. The summed E-state index contributed by atoms with van der Waals surface area (Å²) in [7, 11) is 3.17. The van der Waals surface area contributed by atoms with Crippen LogP contribution in [0.5, 0.6) is 11.5 Å². The molecule has 4 rings (SSSR count). The average Bonchev–Trinajstić information content (AvgIpc) is 3.13. The number of likely N-dealkylation sites (tertiary alicyclic amines) is 1. The number of carbonyl (C=O) groups is 2. The zero-order valence-electron chi connectivity index (χ0n) is 17.9. The van der Waals surface area contributed by atoms with E-state index in [1.54, 1.807) is 26.0 Å². The fraction of sp³-hybridized carbons (Fsp3) is 0.333. The topological polar surface area (TPSA) is 81.0 Å². The van der Waals surface area contributed by atoms with E-state index in [0.717, 1.165) is 5.39 Å². The summed E-state index contributed by atoms with van der Waals surface area (Å²) in [4.78, 5) is 27.8. The quantitative estimate of drug-likeness (QED) is 0.665. The van der Waals surface area contributed by atoms with Crippen LogP contribution in [-0.4, -0.2) is 44.0 Å². The molecule has 0 unspecified atom stereocenters. The van der Waals surface area contributed by atoms with Gasteiger partial charge in [-0.1, -0.05) is 12.1 Å². The number of nitrogens with zero attached hydrogens (tertiary/aromatic N) is 1. The molecule has 0 radical (unpaired) electrons. The molecule has 1 aliphatic heterocycles. The standard InChI is InChI=1S/C24H26N2O5/c1-15-22(18-14-17(29-2)8-9-20(18)31-15)24(28)26-12-10-16(11-13-26)23(27)25-19-6-4-5-7-21(19)30-3/h4-9,14,16H,10-13H2,1-3H3,(H,25,27). The molecule has 0 aliphatic carbocycles. The number of rotatable bonds is 5. The molecule has 1 saturated heterocycles. The molecule has 1 N–H and O–H groups in total. The van der Waals surface area contributed by atoms with Crippen molar-refractivity contribution in [1.82, 2.24) is 4.90 Å². The van der Waals surface area contributed by atoms with Crippen LogP contribution in [0.4, 0.5) is 5.69 Å². The highest BCUT2D eigenvalue weighted by Gasteiger charge is 2.30. The van der Waals surface area contributed by atoms with Gasteiger partial charge in [-0.15, -0.1) is 0 Å². The van der Waals surface area contributed by atoms with Crippen molar-refractivity contribution in [2.75, 3.05) is 32.6 Å². The highest BCUT2D eigenvalue weighted by molar-refractivity contribution is 6.07. The molecule has 162 valence electrons. The van der Waals surface area contributed by atoms with Crippen molar-refractivity contribution in [3.05, 3.63) is 53.8 Å². The predicted molar refractivity (Wildman–Crippen MR) is 118 cm³/mol. The Bertz CT molecular complexity index is 1110. The molecule has 2 heterocycles. The molecule has 31 heavy (non-hydrogen) atoms. The number of hydrogen-bond donors (Lipinski definition) is 1. The Hall–Kier alpha value is -3.48. The van der Waals surface area contributed by atoms with Gasteiger partial charge < -0.3 is 24.1 Å². The molecule has 0 atom stereocenters. The number of benzene rings is 2. The minimum absolute atomic E-state index is 0.0497. The molecule has 2 aromatic carbocycles. The van der Waals surface area contributed by atoms with Crippen molar-refractivity contribution in [3.63, 3.8) is 0 Å². The second-order valence-electron chi connectivity index (χ2n) is 7.65. The van der Waals surface area contributed by atoms with E-state index in [2.05, 4.69) is 5.32 Å². The Kier molecular flexibility index (Phi) is 5.84. The zero-order valence-corrected chi connectivity index (χ0v) is 17.9. The number of methoxy groups -OCH3 is 2. The molecule has 3 aromatic rings. The summed E-state index contributed by atoms with van der Waals surface area (Å²) in [5, 5.41) is 3.70. The molecule has 1 aliphatic rings. The maximum absolute atomic E-state index is 13.3. The van der Waals surface area contributed by atoms with Crippen LogP contribution in [0.1, 0.15) is 29.0 Å². The Morgan fingerprint density at radius 1 is 1.06 bits per heavy atom. The number of ether oxygens (including phenoxy) is 2. The molecule has 0 saturated carbocycles.